The molecule has 0 spiro atoms. The summed E-state index contributed by atoms with van der Waals surface area (Å²) in [6, 6.07) is 0.117. The van der Waals surface area contributed by atoms with Crippen LogP contribution in [0.1, 0.15) is 63.7 Å². The number of aromatic hydroxyl groups is 4. The van der Waals surface area contributed by atoms with Gasteiger partial charge in [-0.3, -0.25) is 19.2 Å². The molecule has 0 amide bonds. The van der Waals surface area contributed by atoms with E-state index >= 15 is 0 Å². The minimum absolute atomic E-state index is 0. The van der Waals surface area contributed by atoms with E-state index in [1.807, 2.05) is 0 Å². The molecule has 92 heavy (non-hydrogen) atoms. The van der Waals surface area contributed by atoms with Gasteiger partial charge >= 0.3 is 159 Å². The fraction of sp³-hybridized carbons (Fsp3) is 0.158. The van der Waals surface area contributed by atoms with Crippen LogP contribution in [0, 0.1) is 0 Å². The molecule has 0 unspecified atom stereocenters. The van der Waals surface area contributed by atoms with E-state index in [0.717, 1.165) is 10.8 Å². The van der Waals surface area contributed by atoms with Crippen LogP contribution >= 0.6 is 0 Å². The van der Waals surface area contributed by atoms with Gasteiger partial charge in [-0.15, -0.1) is 0 Å². The maximum Gasteiger partial charge on any atom is 1.00 e. The molecule has 0 aromatic heterocycles. The topological polar surface area (TPSA) is 724 Å². The molecule has 0 radical (unpaired) electrons. The van der Waals surface area contributed by atoms with Crippen LogP contribution in [-0.2, 0) is 101 Å². The normalized spacial score (nSPS) is 13.3. The zero-order valence-electron chi connectivity index (χ0n) is 46.4. The van der Waals surface area contributed by atoms with Crippen LogP contribution in [0.4, 0.5) is 0 Å². The largest absolute Gasteiger partial charge is 1.00 e. The second kappa shape index (κ2) is 31.4. The third kappa shape index (κ3) is 20.1. The number of rotatable bonds is 21. The Morgan fingerprint density at radius 2 is 0.489 bits per heavy atom. The molecule has 0 saturated heterocycles. The van der Waals surface area contributed by atoms with Gasteiger partial charge in [0.25, 0.3) is 0 Å². The molecule has 4 aromatic rings. The van der Waals surface area contributed by atoms with E-state index in [9.17, 15) is 142 Å². The van der Waals surface area contributed by atoms with Crippen LogP contribution < -0.4 is 158 Å². The Labute approximate surface area is 609 Å². The molecule has 4 aromatic carbocycles. The van der Waals surface area contributed by atoms with E-state index in [1.54, 1.807) is 0 Å². The minimum atomic E-state index is -5.73. The van der Waals surface area contributed by atoms with Gasteiger partial charge in [-0.2, -0.15) is 33.7 Å². The molecule has 0 atom stereocenters. The maximum atomic E-state index is 13.4. The summed E-state index contributed by atoms with van der Waals surface area (Å²) in [7, 11) is -49.2. The maximum absolute atomic E-state index is 13.4. The molecule has 0 saturated carbocycles. The Morgan fingerprint density at radius 3 is 0.609 bits per heavy atom. The number of benzene rings is 4. The van der Waals surface area contributed by atoms with Gasteiger partial charge in [0.15, 0.2) is 42.7 Å². The molecule has 2 aliphatic rings. The quantitative estimate of drug-likeness (QED) is 0.0188. The minimum Gasteiger partial charge on any atom is -0.744 e. The molecule has 0 aliphatic heterocycles. The Kier molecular flexibility index (Phi) is 30.3. The van der Waals surface area contributed by atoms with E-state index in [2.05, 4.69) is 29.9 Å². The average Bonchev–Trinajstić information content (AvgIpc) is 3.39. The number of carbonyl (C=O) groups is 4. The first-order chi connectivity index (χ1) is 39.7. The third-order valence-electron chi connectivity index (χ3n) is 10.7. The summed E-state index contributed by atoms with van der Waals surface area (Å²) >= 11 is 0. The number of fused-ring (bicyclic) bond motifs is 4. The second-order valence-corrected chi connectivity index (χ2v) is 32.3. The molecule has 40 nitrogen and oxygen atoms in total. The monoisotopic (exact) mass is 1530 g/mol. The molecule has 486 valence electrons. The number of phenols is 4. The van der Waals surface area contributed by atoms with Crippen molar-refractivity contribution < 1.29 is 277 Å². The van der Waals surface area contributed by atoms with Crippen LogP contribution in [0.25, 0.3) is 0 Å². The summed E-state index contributed by atoms with van der Waals surface area (Å²) in [6.45, 7) is 6.10. The predicted molar refractivity (Wildman–Crippen MR) is 280 cm³/mol. The first-order valence-corrected chi connectivity index (χ1v) is 36.8. The van der Waals surface area contributed by atoms with Gasteiger partial charge in [-0.1, -0.05) is 13.2 Å². The van der Waals surface area contributed by atoms with Crippen molar-refractivity contribution >= 4 is 124 Å². The number of ketones is 4. The van der Waals surface area contributed by atoms with Crippen molar-refractivity contribution in [1.29, 1.82) is 0 Å². The molecular formula is C38H34N4Na4O36S10. The number of hydrogen-bond acceptors (Lipinski definition) is 40. The van der Waals surface area contributed by atoms with Crippen LogP contribution in [0.3, 0.4) is 0 Å². The summed E-state index contributed by atoms with van der Waals surface area (Å²) in [6.07, 6.45) is 0. The van der Waals surface area contributed by atoms with Gasteiger partial charge in [0.2, 0.25) is 23.1 Å². The molecule has 2 aliphatic carbocycles. The summed E-state index contributed by atoms with van der Waals surface area (Å²) in [4.78, 5) is 46.8. The van der Waals surface area contributed by atoms with Gasteiger partial charge in [0.1, 0.15) is 107 Å². The zero-order valence-corrected chi connectivity index (χ0v) is 62.5. The van der Waals surface area contributed by atoms with Crippen molar-refractivity contribution in [3.05, 3.63) is 92.7 Å². The van der Waals surface area contributed by atoms with Crippen LogP contribution in [-0.4, -0.2) is 181 Å². The molecule has 54 heteroatoms. The number of nitrogens with two attached hydrogens (primary N) is 4. The van der Waals surface area contributed by atoms with Crippen LogP contribution in [0.15, 0.2) is 67.8 Å². The molecule has 0 fully saturated rings. The fourth-order valence-corrected chi connectivity index (χ4v) is 13.3. The van der Waals surface area contributed by atoms with E-state index < -0.39 is 269 Å². The SMILES string of the molecule is C=CS(=O)(=O)CCS(=O)(=O)C=C.NCS(=O)(=O)Oc1cc(S(=O)(=O)[O-])c(O)c2c1C(=O)c1c(O)c(S(=O)(=O)[O-])cc(OS(=O)(=O)CN)c1C2=O.NCS(=O)(=O)Oc1cc(S(=O)(=O)[O-])c(O)c2c1C(=O)c1c(O)c(S(=O)(=O)[O-])cc(OS(=O)(=O)CN)c1C2=O.[Na+].[Na+].[Na+].[Na+]. The predicted octanol–water partition coefficient (Wildman–Crippen LogP) is -18.0. The van der Waals surface area contributed by atoms with Gasteiger partial charge in [0, 0.05) is 35.1 Å². The summed E-state index contributed by atoms with van der Waals surface area (Å²) in [5, 5.41) is 43.2. The first kappa shape index (κ1) is 88.6. The number of carbonyl (C=O) groups excluding carboxylic acids is 4. The molecule has 0 bridgehead atoms. The van der Waals surface area contributed by atoms with Crippen LogP contribution in [0.2, 0.25) is 0 Å². The molecule has 0 heterocycles. The van der Waals surface area contributed by atoms with Gasteiger partial charge < -0.3 is 78.3 Å². The van der Waals surface area contributed by atoms with E-state index in [-0.39, 0.29) is 142 Å². The third-order valence-corrected chi connectivity index (χ3v) is 20.2. The van der Waals surface area contributed by atoms with Gasteiger partial charge in [0.05, 0.1) is 56.0 Å². The fourth-order valence-electron chi connectivity index (χ4n) is 6.89. The van der Waals surface area contributed by atoms with E-state index in [0.29, 0.717) is 0 Å². The number of hydrogen-bond donors (Lipinski definition) is 8. The summed E-state index contributed by atoms with van der Waals surface area (Å²) in [5.41, 5.74) is 8.79. The Hall–Kier alpha value is -3.38. The Morgan fingerprint density at radius 1 is 0.337 bits per heavy atom. The zero-order chi connectivity index (χ0) is 68.2. The first-order valence-electron chi connectivity index (χ1n) is 21.5. The Bertz CT molecular complexity index is 4400. The van der Waals surface area contributed by atoms with E-state index in [1.165, 1.54) is 0 Å². The standard InChI is InChI=1S/2C16H14N2O16S4.C6H10O4S2.4Na/c2*17-3-35(23,24)33-5-1-7(37(27,28)29)13(19)11-9(5)15(21)12-10(16(11)22)6(34-36(25,26)4-18)2-8(14(12)20)38(30,31)32;1-3-11(7,8)5-6-12(9,10)4-2;;;;/h2*1-2,19-20H,3-4,17-18H2,(H,27,28,29)(H,30,31,32);3-4H,1-2,5-6H2;;;;/q;;;4*+1/p-4. The van der Waals surface area contributed by atoms with Crippen molar-refractivity contribution in [3.63, 3.8) is 0 Å². The van der Waals surface area contributed by atoms with Gasteiger partial charge in [-0.05, 0) is 0 Å². The van der Waals surface area contributed by atoms with E-state index in [4.69, 9.17) is 22.9 Å². The number of phenolic OH excluding ortho intramolecular Hbond substituents is 4. The van der Waals surface area contributed by atoms with Crippen molar-refractivity contribution in [1.82, 2.24) is 0 Å². The van der Waals surface area contributed by atoms with Crippen molar-refractivity contribution in [2.24, 2.45) is 22.9 Å². The molecule has 12 N–H and O–H groups in total. The average molecular weight is 1540 g/mol. The van der Waals surface area contributed by atoms with Crippen molar-refractivity contribution in [2.75, 3.05) is 35.0 Å². The molecular weight excluding hydrogens is 1500 g/mol. The Balaban J connectivity index is 0.00000147. The smallest absolute Gasteiger partial charge is 0.744 e. The van der Waals surface area contributed by atoms with Crippen molar-refractivity contribution in [3.8, 4) is 46.0 Å². The number of sulfone groups is 2. The van der Waals surface area contributed by atoms with Crippen LogP contribution in [0.5, 0.6) is 46.0 Å². The van der Waals surface area contributed by atoms with Crippen molar-refractivity contribution in [2.45, 2.75) is 19.6 Å². The van der Waals surface area contributed by atoms with Gasteiger partial charge in [-0.25, -0.2) is 50.5 Å². The summed E-state index contributed by atoms with van der Waals surface area (Å²) in [5.74, 6) is -25.8. The second-order valence-electron chi connectivity index (χ2n) is 16.3. The summed E-state index contributed by atoms with van der Waals surface area (Å²) < 4.78 is 296. The molecule has 6 rings (SSSR count).